The third-order valence-corrected chi connectivity index (χ3v) is 2.78. The van der Waals surface area contributed by atoms with Crippen molar-refractivity contribution in [2.24, 2.45) is 5.41 Å². The molecular weight excluding hydrogens is 212 g/mol. The molecule has 0 saturated heterocycles. The van der Waals surface area contributed by atoms with Crippen LogP contribution in [0.15, 0.2) is 24.3 Å². The summed E-state index contributed by atoms with van der Waals surface area (Å²) in [6.07, 6.45) is 0.790. The molecular formula is C14H20N2O. The Bertz CT molecular complexity index is 393. The highest BCUT2D eigenvalue weighted by atomic mass is 16.3. The van der Waals surface area contributed by atoms with E-state index < -0.39 is 0 Å². The lowest BCUT2D eigenvalue weighted by Crippen LogP contribution is -2.29. The van der Waals surface area contributed by atoms with Crippen LogP contribution in [0.25, 0.3) is 0 Å². The van der Waals surface area contributed by atoms with Crippen LogP contribution in [0.4, 0.5) is 0 Å². The first-order chi connectivity index (χ1) is 8.07. The van der Waals surface area contributed by atoms with Gasteiger partial charge < -0.3 is 10.4 Å². The van der Waals surface area contributed by atoms with E-state index in [4.69, 9.17) is 10.4 Å². The second-order valence-electron chi connectivity index (χ2n) is 5.05. The van der Waals surface area contributed by atoms with Crippen LogP contribution in [-0.2, 0) is 6.54 Å². The first-order valence-corrected chi connectivity index (χ1v) is 5.88. The fraction of sp³-hybridized carbons (Fsp3) is 0.500. The Morgan fingerprint density at radius 3 is 2.82 bits per heavy atom. The van der Waals surface area contributed by atoms with Gasteiger partial charge in [-0.2, -0.15) is 5.26 Å². The van der Waals surface area contributed by atoms with Crippen molar-refractivity contribution in [2.75, 3.05) is 13.2 Å². The predicted molar refractivity (Wildman–Crippen MR) is 68.3 cm³/mol. The number of aliphatic hydroxyl groups is 1. The second-order valence-corrected chi connectivity index (χ2v) is 5.05. The third kappa shape index (κ3) is 4.99. The largest absolute Gasteiger partial charge is 0.396 e. The maximum Gasteiger partial charge on any atom is 0.0991 e. The average molecular weight is 232 g/mol. The summed E-state index contributed by atoms with van der Waals surface area (Å²) in [6.45, 7) is 6.08. The van der Waals surface area contributed by atoms with Gasteiger partial charge in [0.25, 0.3) is 0 Å². The van der Waals surface area contributed by atoms with Crippen LogP contribution in [0.1, 0.15) is 31.4 Å². The molecule has 17 heavy (non-hydrogen) atoms. The maximum atomic E-state index is 8.92. The van der Waals surface area contributed by atoms with Crippen molar-refractivity contribution in [1.29, 1.82) is 5.26 Å². The molecule has 1 rings (SSSR count). The molecule has 0 radical (unpaired) electrons. The third-order valence-electron chi connectivity index (χ3n) is 2.78. The first kappa shape index (κ1) is 13.7. The van der Waals surface area contributed by atoms with Crippen LogP contribution in [0.3, 0.4) is 0 Å². The number of nitrogens with one attached hydrogen (secondary N) is 1. The van der Waals surface area contributed by atoms with Gasteiger partial charge in [0.2, 0.25) is 0 Å². The summed E-state index contributed by atoms with van der Waals surface area (Å²) >= 11 is 0. The van der Waals surface area contributed by atoms with E-state index in [0.717, 1.165) is 25.1 Å². The quantitative estimate of drug-likeness (QED) is 0.789. The minimum absolute atomic E-state index is 0.0988. The highest BCUT2D eigenvalue weighted by Gasteiger charge is 2.16. The van der Waals surface area contributed by atoms with Gasteiger partial charge in [-0.25, -0.2) is 0 Å². The highest BCUT2D eigenvalue weighted by Crippen LogP contribution is 2.18. The monoisotopic (exact) mass is 232 g/mol. The van der Waals surface area contributed by atoms with Crippen molar-refractivity contribution in [1.82, 2.24) is 5.32 Å². The number of hydrogen-bond donors (Lipinski definition) is 2. The van der Waals surface area contributed by atoms with Gasteiger partial charge in [0.05, 0.1) is 11.6 Å². The number of benzene rings is 1. The minimum atomic E-state index is 0.0988. The van der Waals surface area contributed by atoms with Crippen molar-refractivity contribution in [3.63, 3.8) is 0 Å². The van der Waals surface area contributed by atoms with Crippen LogP contribution in [0.2, 0.25) is 0 Å². The molecule has 92 valence electrons. The predicted octanol–water partition coefficient (Wildman–Crippen LogP) is 2.06. The lowest BCUT2D eigenvalue weighted by Gasteiger charge is -2.24. The molecule has 0 fully saturated rings. The van der Waals surface area contributed by atoms with Gasteiger partial charge in [-0.15, -0.1) is 0 Å². The molecule has 0 unspecified atom stereocenters. The molecule has 0 heterocycles. The van der Waals surface area contributed by atoms with Crippen molar-refractivity contribution in [3.8, 4) is 6.07 Å². The zero-order valence-electron chi connectivity index (χ0n) is 10.5. The normalized spacial score (nSPS) is 11.2. The molecule has 3 nitrogen and oxygen atoms in total. The van der Waals surface area contributed by atoms with E-state index in [1.165, 1.54) is 0 Å². The molecule has 0 spiro atoms. The van der Waals surface area contributed by atoms with E-state index in [2.05, 4.69) is 25.2 Å². The summed E-state index contributed by atoms with van der Waals surface area (Å²) in [6, 6.07) is 9.74. The summed E-state index contributed by atoms with van der Waals surface area (Å²) in [4.78, 5) is 0. The molecule has 0 aliphatic heterocycles. The van der Waals surface area contributed by atoms with E-state index >= 15 is 0 Å². The number of aliphatic hydroxyl groups excluding tert-OH is 1. The zero-order chi connectivity index (χ0) is 12.7. The molecule has 0 saturated carbocycles. The van der Waals surface area contributed by atoms with E-state index in [-0.39, 0.29) is 12.0 Å². The molecule has 2 N–H and O–H groups in total. The average Bonchev–Trinajstić information content (AvgIpc) is 2.29. The van der Waals surface area contributed by atoms with Gasteiger partial charge in [0.1, 0.15) is 0 Å². The Kier molecular flexibility index (Phi) is 5.14. The number of hydrogen-bond acceptors (Lipinski definition) is 3. The van der Waals surface area contributed by atoms with Crippen LogP contribution in [-0.4, -0.2) is 18.3 Å². The van der Waals surface area contributed by atoms with E-state index in [0.29, 0.717) is 5.56 Å². The molecule has 0 bridgehead atoms. The molecule has 0 aromatic heterocycles. The standard InChI is InChI=1S/C14H20N2O/c1-14(2,6-7-17)11-16-10-13-5-3-4-12(8-13)9-15/h3-5,8,16-17H,6-7,10-11H2,1-2H3. The van der Waals surface area contributed by atoms with Crippen LogP contribution < -0.4 is 5.32 Å². The first-order valence-electron chi connectivity index (χ1n) is 5.88. The van der Waals surface area contributed by atoms with Crippen molar-refractivity contribution in [2.45, 2.75) is 26.8 Å². The van der Waals surface area contributed by atoms with Gasteiger partial charge in [-0.1, -0.05) is 26.0 Å². The molecule has 0 aliphatic carbocycles. The van der Waals surface area contributed by atoms with E-state index in [9.17, 15) is 0 Å². The number of rotatable bonds is 6. The van der Waals surface area contributed by atoms with Crippen LogP contribution in [0.5, 0.6) is 0 Å². The number of nitrogens with zero attached hydrogens (tertiary/aromatic N) is 1. The lowest BCUT2D eigenvalue weighted by atomic mass is 9.90. The van der Waals surface area contributed by atoms with Crippen molar-refractivity contribution in [3.05, 3.63) is 35.4 Å². The minimum Gasteiger partial charge on any atom is -0.396 e. The Labute approximate surface area is 103 Å². The summed E-state index contributed by atoms with van der Waals surface area (Å²) < 4.78 is 0. The van der Waals surface area contributed by atoms with Gasteiger partial charge >= 0.3 is 0 Å². The van der Waals surface area contributed by atoms with Gasteiger partial charge in [-0.05, 0) is 29.5 Å². The fourth-order valence-corrected chi connectivity index (χ4v) is 1.69. The Morgan fingerprint density at radius 1 is 1.41 bits per heavy atom. The maximum absolute atomic E-state index is 8.92. The van der Waals surface area contributed by atoms with E-state index in [1.54, 1.807) is 6.07 Å². The Morgan fingerprint density at radius 2 is 2.18 bits per heavy atom. The molecule has 1 aromatic rings. The molecule has 0 aliphatic rings. The van der Waals surface area contributed by atoms with Crippen LogP contribution in [0, 0.1) is 16.7 Å². The summed E-state index contributed by atoms with van der Waals surface area (Å²) in [5.41, 5.74) is 1.91. The zero-order valence-corrected chi connectivity index (χ0v) is 10.5. The Balaban J connectivity index is 2.43. The number of nitriles is 1. The van der Waals surface area contributed by atoms with Gasteiger partial charge in [0, 0.05) is 19.7 Å². The summed E-state index contributed by atoms with van der Waals surface area (Å²) in [7, 11) is 0. The van der Waals surface area contributed by atoms with E-state index in [1.807, 2.05) is 18.2 Å². The van der Waals surface area contributed by atoms with Crippen molar-refractivity contribution >= 4 is 0 Å². The molecule has 0 amide bonds. The summed E-state index contributed by atoms with van der Waals surface area (Å²) in [5.74, 6) is 0. The topological polar surface area (TPSA) is 56.0 Å². The lowest BCUT2D eigenvalue weighted by molar-refractivity contribution is 0.207. The fourth-order valence-electron chi connectivity index (χ4n) is 1.69. The van der Waals surface area contributed by atoms with Crippen molar-refractivity contribution < 1.29 is 5.11 Å². The SMILES string of the molecule is CC(C)(CCO)CNCc1cccc(C#N)c1. The second kappa shape index (κ2) is 6.39. The van der Waals surface area contributed by atoms with Crippen LogP contribution >= 0.6 is 0 Å². The highest BCUT2D eigenvalue weighted by molar-refractivity contribution is 5.32. The Hall–Kier alpha value is -1.37. The van der Waals surface area contributed by atoms with Gasteiger partial charge in [0.15, 0.2) is 0 Å². The smallest absolute Gasteiger partial charge is 0.0991 e. The molecule has 3 heteroatoms. The molecule has 0 atom stereocenters. The molecule has 1 aromatic carbocycles. The summed E-state index contributed by atoms with van der Waals surface area (Å²) in [5, 5.41) is 21.1. The van der Waals surface area contributed by atoms with Gasteiger partial charge in [-0.3, -0.25) is 0 Å².